The molecule has 242 valence electrons. The Morgan fingerprint density at radius 1 is 1.36 bits per heavy atom. The lowest BCUT2D eigenvalue weighted by molar-refractivity contribution is -0.753. The molecule has 3 aromatic rings. The largest absolute Gasteiger partial charge is 0.724 e. The van der Waals surface area contributed by atoms with Crippen LogP contribution in [0.3, 0.4) is 0 Å². The predicted molar refractivity (Wildman–Crippen MR) is 160 cm³/mol. The van der Waals surface area contributed by atoms with Crippen LogP contribution >= 0.6 is 11.3 Å². The average Bonchev–Trinajstić information content (AvgIpc) is 3.59. The number of oxime groups is 1. The first kappa shape index (κ1) is 32.3. The molecule has 5 N–H and O–H groups in total. The van der Waals surface area contributed by atoms with Gasteiger partial charge in [0, 0.05) is 5.38 Å². The van der Waals surface area contributed by atoms with Crippen LogP contribution in [0.2, 0.25) is 0 Å². The van der Waals surface area contributed by atoms with Crippen molar-refractivity contribution in [2.24, 2.45) is 17.9 Å². The molecule has 1 fully saturated rings. The van der Waals surface area contributed by atoms with E-state index in [0.29, 0.717) is 18.0 Å². The lowest BCUT2D eigenvalue weighted by atomic mass is 9.84. The molecule has 0 radical (unpaired) electrons. The fourth-order valence-corrected chi connectivity index (χ4v) is 6.12. The zero-order chi connectivity index (χ0) is 32.5. The molecule has 0 aliphatic carbocycles. The van der Waals surface area contributed by atoms with Gasteiger partial charge in [-0.25, -0.2) is 13.4 Å². The highest BCUT2D eigenvalue weighted by Gasteiger charge is 2.57. The highest BCUT2D eigenvalue weighted by atomic mass is 32.3. The van der Waals surface area contributed by atoms with Gasteiger partial charge in [-0.15, -0.1) is 16.0 Å². The molecule has 0 bridgehead atoms. The molecule has 2 aliphatic heterocycles. The van der Waals surface area contributed by atoms with Gasteiger partial charge in [-0.3, -0.25) is 9.59 Å². The maximum atomic E-state index is 13.2. The number of aromatic nitrogens is 3. The van der Waals surface area contributed by atoms with Crippen molar-refractivity contribution in [2.75, 3.05) is 18.9 Å². The van der Waals surface area contributed by atoms with E-state index in [1.807, 2.05) is 23.9 Å². The van der Waals surface area contributed by atoms with Crippen molar-refractivity contribution >= 4 is 44.4 Å². The summed E-state index contributed by atoms with van der Waals surface area (Å²) in [5.74, 6) is -1.03. The molecule has 2 atom stereocenters. The minimum Gasteiger partial charge on any atom is -0.724 e. The number of nitrogens with zero attached hydrogens (tertiary/aromatic N) is 5. The van der Waals surface area contributed by atoms with Gasteiger partial charge < -0.3 is 30.9 Å². The topological polar surface area (TPSA) is 220 Å². The SMILES string of the molecule is C[n+]1cc(-c2ccc3c(c2)CC[C@@H](CO/N=C(\C(=O)N[C@@H]2C(=O)N(OS(=O)(=O)[O-])C2(C)C)c2csc(N)n2)O3)cn1CCCN. The van der Waals surface area contributed by atoms with Crippen LogP contribution in [-0.4, -0.2) is 76.1 Å². The number of nitrogens with two attached hydrogens (primary N) is 2. The van der Waals surface area contributed by atoms with E-state index in [1.165, 1.54) is 19.2 Å². The Bertz CT molecular complexity index is 1740. The lowest BCUT2D eigenvalue weighted by Gasteiger charge is -2.51. The van der Waals surface area contributed by atoms with Crippen molar-refractivity contribution in [1.29, 1.82) is 0 Å². The number of benzene rings is 1. The standard InChI is InChI=1S/C27H34N8O8S2/c1-27(2)23(25(37)35(27)43-45(38,39)40)31-24(36)22(20-15-44-26(29)30-20)32-41-14-19-7-5-17-11-16(6-8-21(17)42-19)18-12-33(3)34(13-18)10-4-9-28/h6,8,11-13,15,19,23H,4-5,7,9-10,14,28H2,1-3H3,(H3-,29,30,31,36,38,39,40)/b32-22-/t19-,23+/m0/s1. The van der Waals surface area contributed by atoms with Gasteiger partial charge in [0.15, 0.2) is 24.5 Å². The lowest BCUT2D eigenvalue weighted by Crippen LogP contribution is -2.76. The minimum atomic E-state index is -5.20. The molecule has 1 saturated heterocycles. The third kappa shape index (κ3) is 7.09. The molecule has 18 heteroatoms. The fourth-order valence-electron chi connectivity index (χ4n) is 5.13. The van der Waals surface area contributed by atoms with Gasteiger partial charge in [0.25, 0.3) is 11.8 Å². The molecule has 0 unspecified atom stereocenters. The summed E-state index contributed by atoms with van der Waals surface area (Å²) in [6, 6.07) is 4.82. The van der Waals surface area contributed by atoms with E-state index < -0.39 is 33.8 Å². The molecule has 2 aliphatic rings. The van der Waals surface area contributed by atoms with Crippen molar-refractivity contribution in [1.82, 2.24) is 20.0 Å². The molecule has 5 rings (SSSR count). The van der Waals surface area contributed by atoms with Crippen LogP contribution in [0.25, 0.3) is 11.1 Å². The van der Waals surface area contributed by atoms with Crippen molar-refractivity contribution < 1.29 is 41.1 Å². The first-order chi connectivity index (χ1) is 21.3. The number of hydroxylamine groups is 2. The number of fused-ring (bicyclic) bond motifs is 1. The van der Waals surface area contributed by atoms with Gasteiger partial charge in [-0.2, -0.15) is 14.0 Å². The Labute approximate surface area is 263 Å². The van der Waals surface area contributed by atoms with Gasteiger partial charge in [-0.05, 0) is 62.9 Å². The number of ether oxygens (including phenoxy) is 1. The number of carbonyl (C=O) groups is 2. The summed E-state index contributed by atoms with van der Waals surface area (Å²) in [7, 11) is -3.20. The number of aryl methyl sites for hydroxylation is 3. The Balaban J connectivity index is 1.23. The summed E-state index contributed by atoms with van der Waals surface area (Å²) in [5, 5.41) is 8.56. The van der Waals surface area contributed by atoms with Crippen LogP contribution in [0.5, 0.6) is 5.75 Å². The number of hydrogen-bond acceptors (Lipinski definition) is 13. The molecule has 2 aromatic heterocycles. The summed E-state index contributed by atoms with van der Waals surface area (Å²) in [4.78, 5) is 35.3. The zero-order valence-electron chi connectivity index (χ0n) is 24.8. The number of anilines is 1. The number of β-lactam (4-membered cyclic amide) rings is 1. The Kier molecular flexibility index (Phi) is 9.13. The Morgan fingerprint density at radius 2 is 2.13 bits per heavy atom. The van der Waals surface area contributed by atoms with E-state index in [1.54, 1.807) is 0 Å². The fraction of sp³-hybridized carbons (Fsp3) is 0.444. The van der Waals surface area contributed by atoms with Crippen molar-refractivity contribution in [2.45, 2.75) is 57.3 Å². The number of nitrogen functional groups attached to an aromatic ring is 1. The number of nitrogens with one attached hydrogen (secondary N) is 1. The van der Waals surface area contributed by atoms with E-state index in [4.69, 9.17) is 21.0 Å². The van der Waals surface area contributed by atoms with Crippen LogP contribution in [0.1, 0.15) is 37.9 Å². The van der Waals surface area contributed by atoms with Crippen molar-refractivity contribution in [3.05, 3.63) is 47.2 Å². The quantitative estimate of drug-likeness (QED) is 0.0584. The summed E-state index contributed by atoms with van der Waals surface area (Å²) < 4.78 is 47.5. The summed E-state index contributed by atoms with van der Waals surface area (Å²) in [6.07, 6.45) is 6.10. The highest BCUT2D eigenvalue weighted by Crippen LogP contribution is 2.34. The number of hydrogen-bond donors (Lipinski definition) is 3. The molecule has 2 amide bonds. The number of amides is 2. The van der Waals surface area contributed by atoms with Crippen LogP contribution in [0.4, 0.5) is 5.13 Å². The molecule has 4 heterocycles. The summed E-state index contributed by atoms with van der Waals surface area (Å²) >= 11 is 1.08. The second kappa shape index (κ2) is 12.7. The first-order valence-corrected chi connectivity index (χ1v) is 16.3. The van der Waals surface area contributed by atoms with E-state index in [-0.39, 0.29) is 29.2 Å². The zero-order valence-corrected chi connectivity index (χ0v) is 26.5. The van der Waals surface area contributed by atoms with Gasteiger partial charge in [0.05, 0.1) is 23.8 Å². The van der Waals surface area contributed by atoms with Crippen molar-refractivity contribution in [3.8, 4) is 16.9 Å². The van der Waals surface area contributed by atoms with Crippen LogP contribution in [0, 0.1) is 0 Å². The smallest absolute Gasteiger partial charge is 0.276 e. The monoisotopic (exact) mass is 662 g/mol. The minimum absolute atomic E-state index is 0.0221. The van der Waals surface area contributed by atoms with E-state index in [2.05, 4.69) is 42.9 Å². The normalized spacial score (nSPS) is 19.4. The molecule has 16 nitrogen and oxygen atoms in total. The summed E-state index contributed by atoms with van der Waals surface area (Å²) in [6.45, 7) is 4.32. The molecular weight excluding hydrogens is 628 g/mol. The second-order valence-electron chi connectivity index (χ2n) is 11.2. The Morgan fingerprint density at radius 3 is 2.80 bits per heavy atom. The van der Waals surface area contributed by atoms with Gasteiger partial charge >= 0.3 is 0 Å². The first-order valence-electron chi connectivity index (χ1n) is 14.0. The Hall–Kier alpha value is -4.10. The maximum absolute atomic E-state index is 13.2. The van der Waals surface area contributed by atoms with Crippen molar-refractivity contribution in [3.63, 3.8) is 0 Å². The number of carbonyl (C=O) groups excluding carboxylic acids is 2. The third-order valence-electron chi connectivity index (χ3n) is 7.55. The molecule has 1 aromatic carbocycles. The van der Waals surface area contributed by atoms with Gasteiger partial charge in [-0.1, -0.05) is 11.2 Å². The van der Waals surface area contributed by atoms with E-state index >= 15 is 0 Å². The number of rotatable bonds is 12. The second-order valence-corrected chi connectivity index (χ2v) is 13.0. The molecule has 45 heavy (non-hydrogen) atoms. The maximum Gasteiger partial charge on any atom is 0.276 e. The van der Waals surface area contributed by atoms with Crippen LogP contribution < -0.4 is 26.2 Å². The van der Waals surface area contributed by atoms with Crippen LogP contribution in [-0.2, 0) is 49.1 Å². The third-order valence-corrected chi connectivity index (χ3v) is 8.55. The van der Waals surface area contributed by atoms with E-state index in [0.717, 1.165) is 53.2 Å². The molecule has 0 saturated carbocycles. The number of thiazole rings is 1. The highest BCUT2D eigenvalue weighted by molar-refractivity contribution is 7.80. The van der Waals surface area contributed by atoms with Crippen LogP contribution in [0.15, 0.2) is 41.1 Å². The van der Waals surface area contributed by atoms with Gasteiger partial charge in [0.1, 0.15) is 23.6 Å². The van der Waals surface area contributed by atoms with E-state index in [9.17, 15) is 22.6 Å². The summed E-state index contributed by atoms with van der Waals surface area (Å²) in [5.41, 5.74) is 13.2. The molecule has 0 spiro atoms. The molecular formula is C27H34N8O8S2. The average molecular weight is 663 g/mol. The van der Waals surface area contributed by atoms with Gasteiger partial charge in [0.2, 0.25) is 16.6 Å². The predicted octanol–water partition coefficient (Wildman–Crippen LogP) is -0.0210.